The average Bonchev–Trinajstić information content (AvgIpc) is 3.39. The van der Waals surface area contributed by atoms with E-state index in [9.17, 15) is 14.4 Å². The predicted molar refractivity (Wildman–Crippen MR) is 121 cm³/mol. The summed E-state index contributed by atoms with van der Waals surface area (Å²) in [6.07, 6.45) is 1.29. The number of carbonyl (C=O) groups excluding carboxylic acids is 3. The molecule has 2 N–H and O–H groups in total. The molecule has 152 valence electrons. The molecule has 5 nitrogen and oxygen atoms in total. The number of hydrogen-bond donors (Lipinski definition) is 2. The molecule has 1 fully saturated rings. The van der Waals surface area contributed by atoms with Crippen molar-refractivity contribution in [3.63, 3.8) is 0 Å². The second-order valence-corrected chi connectivity index (χ2v) is 8.96. The molecule has 30 heavy (non-hydrogen) atoms. The summed E-state index contributed by atoms with van der Waals surface area (Å²) < 4.78 is 0. The van der Waals surface area contributed by atoms with Crippen LogP contribution in [0.4, 0.5) is 4.79 Å². The number of rotatable bonds is 7. The van der Waals surface area contributed by atoms with E-state index in [4.69, 9.17) is 0 Å². The van der Waals surface area contributed by atoms with E-state index < -0.39 is 0 Å². The van der Waals surface area contributed by atoms with E-state index in [1.807, 2.05) is 47.2 Å². The SMILES string of the molecule is O=C1NC(=O)C(Cc2ccc(-c3cccc(CCNC(=O)c4ccsc4)c3)cc2)S1. The Morgan fingerprint density at radius 1 is 1.00 bits per heavy atom. The van der Waals surface area contributed by atoms with Gasteiger partial charge in [-0.05, 0) is 46.5 Å². The molecule has 0 saturated carbocycles. The minimum absolute atomic E-state index is 0.0428. The van der Waals surface area contributed by atoms with Crippen LogP contribution in [0.1, 0.15) is 21.5 Å². The molecule has 0 aliphatic carbocycles. The average molecular weight is 437 g/mol. The van der Waals surface area contributed by atoms with E-state index in [1.165, 1.54) is 11.3 Å². The lowest BCUT2D eigenvalue weighted by Gasteiger charge is -2.09. The first-order chi connectivity index (χ1) is 14.6. The van der Waals surface area contributed by atoms with Gasteiger partial charge in [0.25, 0.3) is 11.1 Å². The molecule has 4 rings (SSSR count). The summed E-state index contributed by atoms with van der Waals surface area (Å²) in [6.45, 7) is 0.580. The molecular weight excluding hydrogens is 416 g/mol. The number of nitrogens with one attached hydrogen (secondary N) is 2. The molecule has 1 aliphatic rings. The van der Waals surface area contributed by atoms with Crippen molar-refractivity contribution in [2.45, 2.75) is 18.1 Å². The molecule has 3 aromatic rings. The van der Waals surface area contributed by atoms with Gasteiger partial charge < -0.3 is 5.32 Å². The van der Waals surface area contributed by atoms with Crippen molar-refractivity contribution in [2.24, 2.45) is 0 Å². The summed E-state index contributed by atoms with van der Waals surface area (Å²) in [5.41, 5.74) is 5.06. The number of imide groups is 1. The fourth-order valence-corrected chi connectivity index (χ4v) is 4.79. The standard InChI is InChI=1S/C23H20N2O3S2/c26-21(19-9-11-29-14-19)24-10-8-15-2-1-3-18(12-15)17-6-4-16(5-7-17)13-20-22(27)25-23(28)30-20/h1-7,9,11-12,14,20H,8,10,13H2,(H,24,26)(H,25,27,28). The predicted octanol–water partition coefficient (Wildman–Crippen LogP) is 4.28. The van der Waals surface area contributed by atoms with Crippen molar-refractivity contribution in [1.82, 2.24) is 10.6 Å². The van der Waals surface area contributed by atoms with Crippen molar-refractivity contribution in [3.05, 3.63) is 82.0 Å². The van der Waals surface area contributed by atoms with E-state index in [1.54, 1.807) is 0 Å². The molecule has 2 heterocycles. The highest BCUT2D eigenvalue weighted by molar-refractivity contribution is 8.15. The monoisotopic (exact) mass is 436 g/mol. The third-order valence-corrected chi connectivity index (χ3v) is 6.55. The molecule has 0 bridgehead atoms. The van der Waals surface area contributed by atoms with Gasteiger partial charge in [-0.1, -0.05) is 60.3 Å². The summed E-state index contributed by atoms with van der Waals surface area (Å²) in [7, 11) is 0. The van der Waals surface area contributed by atoms with Crippen LogP contribution in [0.2, 0.25) is 0 Å². The summed E-state index contributed by atoms with van der Waals surface area (Å²) in [5.74, 6) is -0.258. The summed E-state index contributed by atoms with van der Waals surface area (Å²) in [4.78, 5) is 35.1. The smallest absolute Gasteiger partial charge is 0.286 e. The normalized spacial score (nSPS) is 15.8. The first-order valence-electron chi connectivity index (χ1n) is 9.58. The molecular formula is C23H20N2O3S2. The Bertz CT molecular complexity index is 1060. The number of carbonyl (C=O) groups is 3. The van der Waals surface area contributed by atoms with Gasteiger partial charge >= 0.3 is 0 Å². The number of thiophene rings is 1. The van der Waals surface area contributed by atoms with Crippen molar-refractivity contribution >= 4 is 40.2 Å². The molecule has 1 atom stereocenters. The molecule has 3 amide bonds. The fourth-order valence-electron chi connectivity index (χ4n) is 3.30. The summed E-state index contributed by atoms with van der Waals surface area (Å²) in [6, 6.07) is 18.1. The Morgan fingerprint density at radius 2 is 1.83 bits per heavy atom. The molecule has 1 aromatic heterocycles. The Morgan fingerprint density at radius 3 is 2.53 bits per heavy atom. The molecule has 2 aromatic carbocycles. The van der Waals surface area contributed by atoms with Gasteiger partial charge in [0.2, 0.25) is 5.91 Å². The highest BCUT2D eigenvalue weighted by atomic mass is 32.2. The quantitative estimate of drug-likeness (QED) is 0.580. The lowest BCUT2D eigenvalue weighted by Crippen LogP contribution is -2.25. The maximum Gasteiger partial charge on any atom is 0.286 e. The van der Waals surface area contributed by atoms with Crippen LogP contribution in [-0.2, 0) is 17.6 Å². The first-order valence-corrected chi connectivity index (χ1v) is 11.4. The third-order valence-electron chi connectivity index (χ3n) is 4.88. The zero-order chi connectivity index (χ0) is 20.9. The lowest BCUT2D eigenvalue weighted by molar-refractivity contribution is -0.118. The molecule has 0 radical (unpaired) electrons. The second-order valence-electron chi connectivity index (χ2n) is 7.00. The fraction of sp³-hybridized carbons (Fsp3) is 0.174. The van der Waals surface area contributed by atoms with Gasteiger partial charge in [-0.25, -0.2) is 0 Å². The lowest BCUT2D eigenvalue weighted by atomic mass is 9.99. The highest BCUT2D eigenvalue weighted by Gasteiger charge is 2.31. The highest BCUT2D eigenvalue weighted by Crippen LogP contribution is 2.25. The van der Waals surface area contributed by atoms with Crippen LogP contribution in [0.3, 0.4) is 0 Å². The van der Waals surface area contributed by atoms with E-state index in [0.29, 0.717) is 18.5 Å². The van der Waals surface area contributed by atoms with Crippen LogP contribution in [0.5, 0.6) is 0 Å². The van der Waals surface area contributed by atoms with Crippen LogP contribution in [0.25, 0.3) is 11.1 Å². The topological polar surface area (TPSA) is 75.3 Å². The van der Waals surface area contributed by atoms with Crippen molar-refractivity contribution in [2.75, 3.05) is 6.54 Å². The Balaban J connectivity index is 1.35. The zero-order valence-corrected chi connectivity index (χ0v) is 17.7. The number of hydrogen-bond acceptors (Lipinski definition) is 5. The maximum absolute atomic E-state index is 12.0. The first kappa shape index (κ1) is 20.4. The van der Waals surface area contributed by atoms with Crippen LogP contribution < -0.4 is 10.6 Å². The van der Waals surface area contributed by atoms with Crippen molar-refractivity contribution in [3.8, 4) is 11.1 Å². The Hall–Kier alpha value is -2.90. The van der Waals surface area contributed by atoms with Crippen molar-refractivity contribution in [1.29, 1.82) is 0 Å². The zero-order valence-electron chi connectivity index (χ0n) is 16.1. The number of benzene rings is 2. The Kier molecular flexibility index (Phi) is 6.30. The van der Waals surface area contributed by atoms with E-state index in [-0.39, 0.29) is 22.3 Å². The van der Waals surface area contributed by atoms with Gasteiger partial charge in [0, 0.05) is 17.5 Å². The molecule has 1 aliphatic heterocycles. The van der Waals surface area contributed by atoms with Gasteiger partial charge in [-0.15, -0.1) is 0 Å². The van der Waals surface area contributed by atoms with Gasteiger partial charge in [0.15, 0.2) is 0 Å². The molecule has 7 heteroatoms. The second kappa shape index (κ2) is 9.28. The van der Waals surface area contributed by atoms with Crippen LogP contribution in [0, 0.1) is 0 Å². The van der Waals surface area contributed by atoms with Gasteiger partial charge in [0.1, 0.15) is 0 Å². The molecule has 1 unspecified atom stereocenters. The Labute approximate surface area is 182 Å². The molecule has 1 saturated heterocycles. The maximum atomic E-state index is 12.0. The largest absolute Gasteiger partial charge is 0.352 e. The van der Waals surface area contributed by atoms with E-state index in [2.05, 4.69) is 28.8 Å². The van der Waals surface area contributed by atoms with Crippen LogP contribution in [0.15, 0.2) is 65.4 Å². The number of thioether (sulfide) groups is 1. The van der Waals surface area contributed by atoms with E-state index in [0.717, 1.165) is 40.4 Å². The summed E-state index contributed by atoms with van der Waals surface area (Å²) >= 11 is 2.56. The molecule has 0 spiro atoms. The van der Waals surface area contributed by atoms with Gasteiger partial charge in [-0.3, -0.25) is 19.7 Å². The minimum Gasteiger partial charge on any atom is -0.352 e. The summed E-state index contributed by atoms with van der Waals surface area (Å²) in [5, 5.41) is 8.38. The van der Waals surface area contributed by atoms with Crippen molar-refractivity contribution < 1.29 is 14.4 Å². The van der Waals surface area contributed by atoms with Crippen LogP contribution in [-0.4, -0.2) is 28.8 Å². The minimum atomic E-state index is -0.351. The number of amides is 3. The van der Waals surface area contributed by atoms with Gasteiger partial charge in [0.05, 0.1) is 5.25 Å². The third kappa shape index (κ3) is 4.98. The van der Waals surface area contributed by atoms with Crippen LogP contribution >= 0.6 is 23.1 Å². The van der Waals surface area contributed by atoms with E-state index >= 15 is 0 Å². The van der Waals surface area contributed by atoms with Gasteiger partial charge in [-0.2, -0.15) is 11.3 Å².